The third kappa shape index (κ3) is 5.06. The van der Waals surface area contributed by atoms with Gasteiger partial charge in [-0.3, -0.25) is 14.6 Å². The highest BCUT2D eigenvalue weighted by atomic mass is 16.5. The highest BCUT2D eigenvalue weighted by Gasteiger charge is 2.46. The number of amides is 1. The third-order valence-electron chi connectivity index (χ3n) is 6.69. The molecule has 4 aromatic rings. The van der Waals surface area contributed by atoms with Crippen molar-refractivity contribution in [2.75, 3.05) is 0 Å². The molecule has 5 rings (SSSR count). The molecule has 0 radical (unpaired) electrons. The van der Waals surface area contributed by atoms with E-state index in [1.54, 1.807) is 36.7 Å². The molecule has 1 aromatic heterocycles. The molecule has 0 saturated carbocycles. The molecule has 1 aliphatic heterocycles. The molecule has 6 heteroatoms. The molecule has 0 bridgehead atoms. The number of rotatable bonds is 7. The highest BCUT2D eigenvalue weighted by molar-refractivity contribution is 6.46. The van der Waals surface area contributed by atoms with Gasteiger partial charge in [-0.05, 0) is 60.4 Å². The maximum atomic E-state index is 13.3. The summed E-state index contributed by atoms with van der Waals surface area (Å²) in [4.78, 5) is 32.2. The first-order valence-electron chi connectivity index (χ1n) is 12.4. The molecule has 1 aliphatic rings. The second kappa shape index (κ2) is 10.7. The molecule has 0 unspecified atom stereocenters. The first kappa shape index (κ1) is 25.0. The van der Waals surface area contributed by atoms with Gasteiger partial charge in [0.1, 0.15) is 18.1 Å². The fourth-order valence-corrected chi connectivity index (χ4v) is 4.68. The second-order valence-electron chi connectivity index (χ2n) is 9.45. The number of Topliss-reactive ketones (excluding diaryl/α,β-unsaturated/α-hetero) is 1. The minimum Gasteiger partial charge on any atom is -0.507 e. The number of benzene rings is 3. The Morgan fingerprint density at radius 1 is 0.921 bits per heavy atom. The average Bonchev–Trinajstić information content (AvgIpc) is 3.18. The van der Waals surface area contributed by atoms with Crippen molar-refractivity contribution in [3.05, 3.63) is 136 Å². The Kier molecular flexibility index (Phi) is 7.05. The lowest BCUT2D eigenvalue weighted by Crippen LogP contribution is -2.29. The number of carbonyl (C=O) groups excluding carboxylic acids is 2. The molecule has 0 spiro atoms. The monoisotopic (exact) mass is 504 g/mol. The molecule has 1 fully saturated rings. The largest absolute Gasteiger partial charge is 0.507 e. The predicted molar refractivity (Wildman–Crippen MR) is 145 cm³/mol. The Labute approximate surface area is 221 Å². The van der Waals surface area contributed by atoms with Crippen LogP contribution < -0.4 is 4.74 Å². The predicted octanol–water partition coefficient (Wildman–Crippen LogP) is 5.90. The van der Waals surface area contributed by atoms with Gasteiger partial charge in [0.05, 0.1) is 11.6 Å². The van der Waals surface area contributed by atoms with Crippen LogP contribution in [0, 0.1) is 13.8 Å². The van der Waals surface area contributed by atoms with Gasteiger partial charge in [-0.15, -0.1) is 0 Å². The van der Waals surface area contributed by atoms with E-state index in [2.05, 4.69) is 4.98 Å². The van der Waals surface area contributed by atoms with E-state index in [1.165, 1.54) is 4.90 Å². The smallest absolute Gasteiger partial charge is 0.295 e. The van der Waals surface area contributed by atoms with Crippen molar-refractivity contribution >= 4 is 17.4 Å². The minimum absolute atomic E-state index is 0.0695. The quantitative estimate of drug-likeness (QED) is 0.193. The number of aromatic nitrogens is 1. The summed E-state index contributed by atoms with van der Waals surface area (Å²) in [6, 6.07) is 25.7. The van der Waals surface area contributed by atoms with E-state index in [4.69, 9.17) is 4.74 Å². The van der Waals surface area contributed by atoms with Crippen molar-refractivity contribution in [1.82, 2.24) is 9.88 Å². The van der Waals surface area contributed by atoms with E-state index in [0.717, 1.165) is 27.8 Å². The highest BCUT2D eigenvalue weighted by Crippen LogP contribution is 2.40. The Balaban J connectivity index is 1.51. The van der Waals surface area contributed by atoms with Gasteiger partial charge in [-0.1, -0.05) is 66.2 Å². The van der Waals surface area contributed by atoms with Crippen molar-refractivity contribution < 1.29 is 19.4 Å². The lowest BCUT2D eigenvalue weighted by Gasteiger charge is -2.25. The molecule has 1 saturated heterocycles. The maximum absolute atomic E-state index is 13.3. The normalized spacial score (nSPS) is 16.6. The Morgan fingerprint density at radius 3 is 2.34 bits per heavy atom. The number of ketones is 1. The zero-order valence-electron chi connectivity index (χ0n) is 21.3. The number of aryl methyl sites for hydroxylation is 2. The van der Waals surface area contributed by atoms with Crippen LogP contribution in [0.25, 0.3) is 5.76 Å². The van der Waals surface area contributed by atoms with Gasteiger partial charge in [0, 0.05) is 24.5 Å². The fourth-order valence-electron chi connectivity index (χ4n) is 4.68. The molecule has 3 aromatic carbocycles. The molecular formula is C32H28N2O4. The summed E-state index contributed by atoms with van der Waals surface area (Å²) in [6.07, 6.45) is 3.33. The molecular weight excluding hydrogens is 476 g/mol. The van der Waals surface area contributed by atoms with Crippen LogP contribution in [0.3, 0.4) is 0 Å². The third-order valence-corrected chi connectivity index (χ3v) is 6.69. The SMILES string of the molecule is Cc1ccc([C@@H]2/C(=C(\O)c3ccc(OCc4ccccc4)c(C)c3)C(=O)C(=O)N2Cc2cccnc2)cc1. The van der Waals surface area contributed by atoms with E-state index in [1.807, 2.05) is 74.5 Å². The van der Waals surface area contributed by atoms with Crippen LogP contribution in [0.2, 0.25) is 0 Å². The summed E-state index contributed by atoms with van der Waals surface area (Å²) >= 11 is 0. The standard InChI is InChI=1S/C32H28N2O4/c1-21-10-12-25(13-11-21)29-28(31(36)32(37)34(29)19-24-9-6-16-33-18-24)30(35)26-14-15-27(22(2)17-26)38-20-23-7-4-3-5-8-23/h3-18,29,35H,19-20H2,1-2H3/b30-28+/t29-/m1/s1. The summed E-state index contributed by atoms with van der Waals surface area (Å²) in [7, 11) is 0. The first-order valence-corrected chi connectivity index (χ1v) is 12.4. The first-order chi connectivity index (χ1) is 18.4. The van der Waals surface area contributed by atoms with Gasteiger partial charge in [-0.2, -0.15) is 0 Å². The molecule has 6 nitrogen and oxygen atoms in total. The second-order valence-corrected chi connectivity index (χ2v) is 9.45. The summed E-state index contributed by atoms with van der Waals surface area (Å²) in [5.41, 5.74) is 4.97. The Bertz CT molecular complexity index is 1500. The minimum atomic E-state index is -0.731. The van der Waals surface area contributed by atoms with Gasteiger partial charge in [0.2, 0.25) is 0 Å². The molecule has 1 N–H and O–H groups in total. The Hall–Kier alpha value is -4.71. The van der Waals surface area contributed by atoms with Crippen molar-refractivity contribution in [1.29, 1.82) is 0 Å². The molecule has 2 heterocycles. The van der Waals surface area contributed by atoms with Crippen LogP contribution in [-0.2, 0) is 22.7 Å². The number of likely N-dealkylation sites (tertiary alicyclic amines) is 1. The number of hydrogen-bond donors (Lipinski definition) is 1. The van der Waals surface area contributed by atoms with Crippen LogP contribution in [-0.4, -0.2) is 26.7 Å². The van der Waals surface area contributed by atoms with Crippen molar-refractivity contribution in [3.8, 4) is 5.75 Å². The van der Waals surface area contributed by atoms with Crippen LogP contribution in [0.5, 0.6) is 5.75 Å². The average molecular weight is 505 g/mol. The number of aliphatic hydroxyl groups is 1. The zero-order chi connectivity index (χ0) is 26.6. The Morgan fingerprint density at radius 2 is 1.66 bits per heavy atom. The molecule has 190 valence electrons. The van der Waals surface area contributed by atoms with Crippen LogP contribution in [0.15, 0.2) is 103 Å². The fraction of sp³-hybridized carbons (Fsp3) is 0.156. The van der Waals surface area contributed by atoms with E-state index in [0.29, 0.717) is 17.9 Å². The number of pyridine rings is 1. The van der Waals surface area contributed by atoms with Gasteiger partial charge in [0.15, 0.2) is 0 Å². The number of hydrogen-bond acceptors (Lipinski definition) is 5. The van der Waals surface area contributed by atoms with Gasteiger partial charge in [0.25, 0.3) is 11.7 Å². The summed E-state index contributed by atoms with van der Waals surface area (Å²) in [5, 5.41) is 11.4. The topological polar surface area (TPSA) is 79.7 Å². The van der Waals surface area contributed by atoms with Crippen molar-refractivity contribution in [2.24, 2.45) is 0 Å². The van der Waals surface area contributed by atoms with E-state index < -0.39 is 17.7 Å². The van der Waals surface area contributed by atoms with Gasteiger partial charge < -0.3 is 14.7 Å². The molecule has 1 atom stereocenters. The lowest BCUT2D eigenvalue weighted by atomic mass is 9.94. The van der Waals surface area contributed by atoms with Gasteiger partial charge >= 0.3 is 0 Å². The molecule has 0 aliphatic carbocycles. The van der Waals surface area contributed by atoms with Gasteiger partial charge in [-0.25, -0.2) is 0 Å². The van der Waals surface area contributed by atoms with Crippen LogP contribution >= 0.6 is 0 Å². The maximum Gasteiger partial charge on any atom is 0.295 e. The van der Waals surface area contributed by atoms with Crippen LogP contribution in [0.4, 0.5) is 0 Å². The lowest BCUT2D eigenvalue weighted by molar-refractivity contribution is -0.140. The number of nitrogens with zero attached hydrogens (tertiary/aromatic N) is 2. The number of aliphatic hydroxyl groups excluding tert-OH is 1. The van der Waals surface area contributed by atoms with E-state index in [-0.39, 0.29) is 17.9 Å². The number of ether oxygens (including phenoxy) is 1. The van der Waals surface area contributed by atoms with Crippen LogP contribution in [0.1, 0.15) is 39.4 Å². The van der Waals surface area contributed by atoms with E-state index >= 15 is 0 Å². The number of carbonyl (C=O) groups is 2. The van der Waals surface area contributed by atoms with Crippen molar-refractivity contribution in [2.45, 2.75) is 33.0 Å². The summed E-state index contributed by atoms with van der Waals surface area (Å²) < 4.78 is 5.97. The zero-order valence-corrected chi connectivity index (χ0v) is 21.3. The summed E-state index contributed by atoms with van der Waals surface area (Å²) in [6.45, 7) is 4.47. The molecule has 38 heavy (non-hydrogen) atoms. The van der Waals surface area contributed by atoms with Crippen molar-refractivity contribution in [3.63, 3.8) is 0 Å². The molecule has 1 amide bonds. The van der Waals surface area contributed by atoms with E-state index in [9.17, 15) is 14.7 Å². The summed E-state index contributed by atoms with van der Waals surface area (Å²) in [5.74, 6) is -0.891.